The maximum atomic E-state index is 14.2. The van der Waals surface area contributed by atoms with Gasteiger partial charge >= 0.3 is 12.5 Å². The SMILES string of the molecule is CC[C@@H]1C(=O)N(C)c2cnc(Nc3ccc(C(=O)NC4CCN(C(=O)C(CN5CCN(c6ccc(C7CCC(=O)NC7=O)cc6)CC5)NC(=O)OC(C)(C)C)CC4)cc3OC(F)(F)F)nc2N1C1CCCC1. The molecular formula is C50H64F3N11O8. The van der Waals surface area contributed by atoms with Crippen LogP contribution in [0.2, 0.25) is 0 Å². The second-order valence-electron chi connectivity index (χ2n) is 20.1. The number of carbonyl (C=O) groups is 6. The molecule has 4 aliphatic heterocycles. The number of aromatic nitrogens is 2. The van der Waals surface area contributed by atoms with Gasteiger partial charge in [0.05, 0.1) is 17.8 Å². The van der Waals surface area contributed by atoms with Crippen LogP contribution >= 0.6 is 0 Å². The normalized spacial score (nSPS) is 21.0. The lowest BCUT2D eigenvalue weighted by Crippen LogP contribution is -2.58. The minimum absolute atomic E-state index is 0.0151. The highest BCUT2D eigenvalue weighted by Crippen LogP contribution is 2.41. The summed E-state index contributed by atoms with van der Waals surface area (Å²) >= 11 is 0. The molecule has 0 bridgehead atoms. The Morgan fingerprint density at radius 3 is 2.24 bits per heavy atom. The third-order valence-corrected chi connectivity index (χ3v) is 14.0. The van der Waals surface area contributed by atoms with Crippen molar-refractivity contribution >= 4 is 64.5 Å². The number of amides is 6. The van der Waals surface area contributed by atoms with E-state index < -0.39 is 47.8 Å². The van der Waals surface area contributed by atoms with E-state index in [0.717, 1.165) is 43.0 Å². The number of piperazine rings is 1. The minimum atomic E-state index is -5.10. The Balaban J connectivity index is 0.885. The zero-order valence-electron chi connectivity index (χ0n) is 41.3. The van der Waals surface area contributed by atoms with Gasteiger partial charge in [0.25, 0.3) is 5.91 Å². The lowest BCUT2D eigenvalue weighted by molar-refractivity contribution is -0.274. The van der Waals surface area contributed by atoms with Crippen LogP contribution in [0.5, 0.6) is 5.75 Å². The second kappa shape index (κ2) is 21.6. The van der Waals surface area contributed by atoms with Crippen molar-refractivity contribution in [1.29, 1.82) is 0 Å². The Morgan fingerprint density at radius 1 is 0.903 bits per heavy atom. The molecule has 1 aromatic heterocycles. The average molecular weight is 1000 g/mol. The summed E-state index contributed by atoms with van der Waals surface area (Å²) < 4.78 is 51.5. The maximum Gasteiger partial charge on any atom is 0.573 e. The van der Waals surface area contributed by atoms with Crippen LogP contribution < -0.4 is 40.7 Å². The number of imide groups is 1. The molecule has 2 unspecified atom stereocenters. The first kappa shape index (κ1) is 51.6. The van der Waals surface area contributed by atoms with Crippen LogP contribution in [-0.4, -0.2) is 144 Å². The molecule has 72 heavy (non-hydrogen) atoms. The number of benzene rings is 2. The number of alkyl carbamates (subject to hydrolysis) is 1. The molecule has 2 aromatic carbocycles. The summed E-state index contributed by atoms with van der Waals surface area (Å²) in [4.78, 5) is 96.8. The van der Waals surface area contributed by atoms with Gasteiger partial charge in [0.2, 0.25) is 29.6 Å². The molecule has 1 saturated carbocycles. The molecule has 6 amide bonds. The van der Waals surface area contributed by atoms with Crippen LogP contribution in [0.3, 0.4) is 0 Å². The molecular weight excluding hydrogens is 940 g/mol. The number of rotatable bonds is 13. The van der Waals surface area contributed by atoms with Gasteiger partial charge in [-0.15, -0.1) is 13.2 Å². The number of fused-ring (bicyclic) bond motifs is 1. The van der Waals surface area contributed by atoms with Gasteiger partial charge in [-0.3, -0.25) is 34.2 Å². The third-order valence-electron chi connectivity index (χ3n) is 14.0. The number of hydrogen-bond acceptors (Lipinski definition) is 14. The van der Waals surface area contributed by atoms with Crippen LogP contribution in [-0.2, 0) is 23.9 Å². The standard InChI is InChI=1S/C50H64F3N11O8/c1-6-38-46(69)60(5)39-28-54-47(59-42(39)64(38)34-9-7-8-10-34)56-36-17-13-31(27-40(36)71-50(51,52)53)43(66)55-32-19-21-63(22-20-32)45(68)37(57-48(70)72-49(2,3)4)29-61-23-25-62(26-24-61)33-14-11-30(12-15-33)35-16-18-41(65)58-44(35)67/h11-15,17,27-28,32,34-35,37-38H,6-10,16,18-26,29H2,1-5H3,(H,55,66)(H,57,70)(H,54,56,59)(H,58,65,67)/t35?,37?,38-/m1/s1. The third kappa shape index (κ3) is 12.3. The minimum Gasteiger partial charge on any atom is -0.444 e. The number of halogens is 3. The Hall–Kier alpha value is -6.71. The molecule has 4 fully saturated rings. The van der Waals surface area contributed by atoms with Crippen molar-refractivity contribution in [2.75, 3.05) is 72.9 Å². The number of nitrogens with zero attached hydrogens (tertiary/aromatic N) is 7. The molecule has 22 heteroatoms. The van der Waals surface area contributed by atoms with Crippen LogP contribution in [0.25, 0.3) is 0 Å². The predicted octanol–water partition coefficient (Wildman–Crippen LogP) is 5.58. The van der Waals surface area contributed by atoms with Gasteiger partial charge in [-0.25, -0.2) is 9.78 Å². The highest BCUT2D eigenvalue weighted by molar-refractivity contribution is 6.04. The van der Waals surface area contributed by atoms with Crippen LogP contribution in [0.15, 0.2) is 48.7 Å². The summed E-state index contributed by atoms with van der Waals surface area (Å²) in [5, 5.41) is 11.0. The Bertz CT molecular complexity index is 2500. The molecule has 0 spiro atoms. The number of nitrogens with one attached hydrogen (secondary N) is 4. The van der Waals surface area contributed by atoms with Crippen molar-refractivity contribution in [2.45, 2.75) is 128 Å². The van der Waals surface area contributed by atoms with Crippen molar-refractivity contribution < 1.29 is 51.4 Å². The van der Waals surface area contributed by atoms with Gasteiger partial charge in [0.1, 0.15) is 23.4 Å². The first-order chi connectivity index (χ1) is 34.2. The molecule has 19 nitrogen and oxygen atoms in total. The molecule has 3 atom stereocenters. The number of ether oxygens (including phenoxy) is 2. The smallest absolute Gasteiger partial charge is 0.444 e. The van der Waals surface area contributed by atoms with E-state index >= 15 is 0 Å². The van der Waals surface area contributed by atoms with Crippen LogP contribution in [0, 0.1) is 0 Å². The first-order valence-electron chi connectivity index (χ1n) is 24.8. The number of likely N-dealkylation sites (tertiary alicyclic amines) is 1. The molecule has 0 radical (unpaired) electrons. The van der Waals surface area contributed by atoms with E-state index in [4.69, 9.17) is 9.72 Å². The summed E-state index contributed by atoms with van der Waals surface area (Å²) in [6.45, 7) is 10.3. The van der Waals surface area contributed by atoms with Gasteiger partial charge in [0, 0.05) is 82.6 Å². The monoisotopic (exact) mass is 1000 g/mol. The van der Waals surface area contributed by atoms with E-state index in [1.165, 1.54) is 23.2 Å². The quantitative estimate of drug-likeness (QED) is 0.154. The van der Waals surface area contributed by atoms with Crippen molar-refractivity contribution in [1.82, 2.24) is 35.7 Å². The molecule has 1 aliphatic carbocycles. The molecule has 5 heterocycles. The summed E-state index contributed by atoms with van der Waals surface area (Å²) in [5.41, 5.74) is 1.29. The van der Waals surface area contributed by atoms with Crippen molar-refractivity contribution in [3.05, 3.63) is 59.8 Å². The topological polar surface area (TPSA) is 211 Å². The maximum absolute atomic E-state index is 14.2. The van der Waals surface area contributed by atoms with Gasteiger partial charge in [-0.2, -0.15) is 4.98 Å². The van der Waals surface area contributed by atoms with E-state index in [-0.39, 0.29) is 72.4 Å². The molecule has 3 saturated heterocycles. The fraction of sp³-hybridized carbons (Fsp3) is 0.560. The van der Waals surface area contributed by atoms with E-state index in [0.29, 0.717) is 69.8 Å². The zero-order chi connectivity index (χ0) is 51.5. The Kier molecular flexibility index (Phi) is 15.5. The highest BCUT2D eigenvalue weighted by Gasteiger charge is 2.42. The Labute approximate surface area is 416 Å². The number of alkyl halides is 3. The first-order valence-corrected chi connectivity index (χ1v) is 24.8. The predicted molar refractivity (Wildman–Crippen MR) is 261 cm³/mol. The average Bonchev–Trinajstić information content (AvgIpc) is 3.87. The van der Waals surface area contributed by atoms with E-state index in [2.05, 4.69) is 40.8 Å². The summed E-state index contributed by atoms with van der Waals surface area (Å²) in [6.07, 6.45) is 1.43. The second-order valence-corrected chi connectivity index (χ2v) is 20.1. The van der Waals surface area contributed by atoms with Crippen LogP contribution in [0.1, 0.15) is 107 Å². The van der Waals surface area contributed by atoms with Crippen molar-refractivity contribution in [3.8, 4) is 5.75 Å². The van der Waals surface area contributed by atoms with Crippen molar-refractivity contribution in [2.24, 2.45) is 0 Å². The van der Waals surface area contributed by atoms with Gasteiger partial charge in [-0.1, -0.05) is 31.9 Å². The highest BCUT2D eigenvalue weighted by atomic mass is 19.4. The zero-order valence-corrected chi connectivity index (χ0v) is 41.3. The molecule has 5 aliphatic rings. The summed E-state index contributed by atoms with van der Waals surface area (Å²) in [6, 6.07) is 9.69. The largest absolute Gasteiger partial charge is 0.573 e. The molecule has 388 valence electrons. The molecule has 4 N–H and O–H groups in total. The number of anilines is 5. The number of carbonyl (C=O) groups excluding carboxylic acids is 6. The van der Waals surface area contributed by atoms with Gasteiger partial charge in [0.15, 0.2) is 11.6 Å². The van der Waals surface area contributed by atoms with E-state index in [1.807, 2.05) is 36.1 Å². The number of hydrogen-bond donors (Lipinski definition) is 4. The fourth-order valence-electron chi connectivity index (χ4n) is 10.3. The van der Waals surface area contributed by atoms with Crippen LogP contribution in [0.4, 0.5) is 46.8 Å². The lowest BCUT2D eigenvalue weighted by atomic mass is 9.90. The summed E-state index contributed by atoms with van der Waals surface area (Å²) in [7, 11) is 1.65. The van der Waals surface area contributed by atoms with Gasteiger partial charge in [-0.05, 0) is 95.2 Å². The molecule has 8 rings (SSSR count). The van der Waals surface area contributed by atoms with Gasteiger partial charge < -0.3 is 45.0 Å². The molecule has 3 aromatic rings. The van der Waals surface area contributed by atoms with E-state index in [9.17, 15) is 41.9 Å². The Morgan fingerprint density at radius 2 is 1.60 bits per heavy atom. The lowest BCUT2D eigenvalue weighted by Gasteiger charge is -2.43. The van der Waals surface area contributed by atoms with Crippen molar-refractivity contribution in [3.63, 3.8) is 0 Å². The van der Waals surface area contributed by atoms with E-state index in [1.54, 1.807) is 32.7 Å². The number of likely N-dealkylation sites (N-methyl/N-ethyl adjacent to an activating group) is 1. The summed E-state index contributed by atoms with van der Waals surface area (Å²) in [5.74, 6) is -2.13. The number of piperidine rings is 2. The fourth-order valence-corrected chi connectivity index (χ4v) is 10.3.